The summed E-state index contributed by atoms with van der Waals surface area (Å²) in [5.74, 6) is -2.05. The Labute approximate surface area is 380 Å². The number of amides is 2. The van der Waals surface area contributed by atoms with Crippen LogP contribution in [0.1, 0.15) is 195 Å². The number of aromatic hydroxyl groups is 3. The number of hydrogen-bond acceptors (Lipinski definition) is 7. The number of benzene rings is 3. The van der Waals surface area contributed by atoms with Crippen LogP contribution >= 0.6 is 0 Å². The number of rotatable bonds is 10. The first-order chi connectivity index (χ1) is 28.5. The second kappa shape index (κ2) is 18.3. The number of Topliss-reactive ketones (excluding diaryl/α,β-unsaturated/α-hetero) is 1. The van der Waals surface area contributed by atoms with Gasteiger partial charge in [-0.1, -0.05) is 161 Å². The highest BCUT2D eigenvalue weighted by atomic mass is 16.3. The Kier molecular flexibility index (Phi) is 14.9. The molecule has 4 rings (SSSR count). The fraction of sp³-hybridized carbons (Fsp3) is 0.611. The minimum Gasteiger partial charge on any atom is -0.508 e. The molecular formula is C54H81N3O6. The summed E-state index contributed by atoms with van der Waals surface area (Å²) >= 11 is 0. The zero-order valence-electron chi connectivity index (χ0n) is 42.0. The maximum atomic E-state index is 15.4. The van der Waals surface area contributed by atoms with Crippen LogP contribution in [0.2, 0.25) is 0 Å². The van der Waals surface area contributed by atoms with Crippen LogP contribution in [0.15, 0.2) is 54.6 Å². The number of carbonyl (C=O) groups excluding carboxylic acids is 3. The normalized spacial score (nSPS) is 17.3. The first-order valence-electron chi connectivity index (χ1n) is 22.9. The van der Waals surface area contributed by atoms with Crippen LogP contribution in [0.3, 0.4) is 0 Å². The minimum absolute atomic E-state index is 0.0362. The van der Waals surface area contributed by atoms with Crippen LogP contribution in [0.4, 0.5) is 0 Å². The SMILES string of the molecule is CC(C)(C)CC(C(=O)C1CN(C(=O)C(CC(C)(C)C)c2ccc(O)c(C(C)(C)C)c2)CN(C(=O)C(CC(C)(C)C)c2ccc(O)c(C(C)(C)C)c2)N1)c1ccc(O)c(C(C)(C)C)c1. The summed E-state index contributed by atoms with van der Waals surface area (Å²) in [6.45, 7) is 37.0. The zero-order chi connectivity index (χ0) is 48.0. The van der Waals surface area contributed by atoms with Crippen molar-refractivity contribution in [2.24, 2.45) is 16.2 Å². The van der Waals surface area contributed by atoms with Gasteiger partial charge in [-0.15, -0.1) is 0 Å². The Bertz CT molecular complexity index is 1880. The molecule has 4 N–H and O–H groups in total. The van der Waals surface area contributed by atoms with Crippen molar-refractivity contribution in [3.63, 3.8) is 0 Å². The lowest BCUT2D eigenvalue weighted by Gasteiger charge is -2.44. The highest BCUT2D eigenvalue weighted by Crippen LogP contribution is 2.42. The van der Waals surface area contributed by atoms with Crippen molar-refractivity contribution in [2.45, 2.75) is 184 Å². The lowest BCUT2D eigenvalue weighted by atomic mass is 9.76. The molecule has 0 aliphatic carbocycles. The molecule has 9 heteroatoms. The number of carbonyl (C=O) groups is 3. The van der Waals surface area contributed by atoms with Gasteiger partial charge in [0, 0.05) is 12.5 Å². The van der Waals surface area contributed by atoms with Crippen LogP contribution < -0.4 is 5.43 Å². The van der Waals surface area contributed by atoms with Crippen molar-refractivity contribution in [3.05, 3.63) is 88.0 Å². The third-order valence-corrected chi connectivity index (χ3v) is 12.0. The van der Waals surface area contributed by atoms with E-state index in [1.807, 2.05) is 98.7 Å². The molecule has 0 spiro atoms. The van der Waals surface area contributed by atoms with Gasteiger partial charge in [0.2, 0.25) is 11.8 Å². The second-order valence-electron chi connectivity index (χ2n) is 25.1. The number of hydrogen-bond donors (Lipinski definition) is 4. The van der Waals surface area contributed by atoms with Crippen molar-refractivity contribution in [2.75, 3.05) is 13.2 Å². The summed E-state index contributed by atoms with van der Waals surface area (Å²) in [6, 6.07) is 15.3. The van der Waals surface area contributed by atoms with Crippen molar-refractivity contribution in [3.8, 4) is 17.2 Å². The number of hydrazine groups is 1. The smallest absolute Gasteiger partial charge is 0.245 e. The van der Waals surface area contributed by atoms with Crippen molar-refractivity contribution >= 4 is 17.6 Å². The first-order valence-corrected chi connectivity index (χ1v) is 22.9. The Morgan fingerprint density at radius 3 is 1.17 bits per heavy atom. The Morgan fingerprint density at radius 1 is 0.524 bits per heavy atom. The topological polar surface area (TPSA) is 130 Å². The number of nitrogens with one attached hydrogen (secondary N) is 1. The highest BCUT2D eigenvalue weighted by molar-refractivity contribution is 5.93. The molecule has 9 nitrogen and oxygen atoms in total. The molecule has 1 saturated heterocycles. The summed E-state index contributed by atoms with van der Waals surface area (Å²) in [5.41, 5.74) is 5.86. The number of phenolic OH excluding ortho intramolecular Hbond substituents is 3. The third kappa shape index (κ3) is 13.3. The fourth-order valence-electron chi connectivity index (χ4n) is 8.85. The Morgan fingerprint density at radius 2 is 0.841 bits per heavy atom. The number of phenols is 3. The fourth-order valence-corrected chi connectivity index (χ4v) is 8.85. The van der Waals surface area contributed by atoms with Gasteiger partial charge in [0.15, 0.2) is 5.78 Å². The molecule has 1 fully saturated rings. The van der Waals surface area contributed by atoms with E-state index < -0.39 is 40.0 Å². The van der Waals surface area contributed by atoms with Crippen LogP contribution in [0.25, 0.3) is 0 Å². The standard InChI is InChI=1S/C54H81N3O6/c1-49(2,3)28-36(33-19-22-43(58)39(25-33)52(10,11)12)46(61)42-31-56(47(62)37(29-50(4,5)6)34-20-23-44(59)40(26-34)53(13,14)15)32-57(55-42)48(63)38(30-51(7,8)9)35-21-24-45(60)41(27-35)54(16,17)18/h19-27,36-38,42,55,58-60H,28-32H2,1-18H3. The highest BCUT2D eigenvalue weighted by Gasteiger charge is 2.43. The van der Waals surface area contributed by atoms with Gasteiger partial charge in [0.05, 0.1) is 11.8 Å². The minimum atomic E-state index is -0.952. The average molecular weight is 868 g/mol. The van der Waals surface area contributed by atoms with E-state index in [1.165, 1.54) is 5.01 Å². The Balaban J connectivity index is 1.94. The van der Waals surface area contributed by atoms with Crippen LogP contribution in [-0.2, 0) is 30.6 Å². The van der Waals surface area contributed by atoms with E-state index in [4.69, 9.17) is 0 Å². The molecule has 2 amide bonds. The summed E-state index contributed by atoms with van der Waals surface area (Å²) in [7, 11) is 0. The summed E-state index contributed by atoms with van der Waals surface area (Å²) < 4.78 is 0. The molecule has 0 aromatic heterocycles. The van der Waals surface area contributed by atoms with Gasteiger partial charge in [-0.3, -0.25) is 19.4 Å². The van der Waals surface area contributed by atoms with Gasteiger partial charge in [-0.25, -0.2) is 5.43 Å². The van der Waals surface area contributed by atoms with E-state index in [9.17, 15) is 15.3 Å². The van der Waals surface area contributed by atoms with E-state index in [2.05, 4.69) is 67.7 Å². The summed E-state index contributed by atoms with van der Waals surface area (Å²) in [6.07, 6.45) is 1.45. The van der Waals surface area contributed by atoms with Gasteiger partial charge in [0.25, 0.3) is 0 Å². The molecule has 348 valence electrons. The first kappa shape index (κ1) is 51.3. The van der Waals surface area contributed by atoms with Crippen molar-refractivity contribution < 1.29 is 29.7 Å². The molecule has 0 bridgehead atoms. The van der Waals surface area contributed by atoms with Gasteiger partial charge in [-0.05, 0) is 103 Å². The molecule has 0 radical (unpaired) electrons. The molecule has 4 unspecified atom stereocenters. The van der Waals surface area contributed by atoms with E-state index in [0.717, 1.165) is 33.4 Å². The molecule has 3 aromatic rings. The van der Waals surface area contributed by atoms with Crippen LogP contribution in [0.5, 0.6) is 17.2 Å². The predicted molar refractivity (Wildman–Crippen MR) is 256 cm³/mol. The monoisotopic (exact) mass is 868 g/mol. The average Bonchev–Trinajstić information content (AvgIpc) is 3.12. The van der Waals surface area contributed by atoms with Gasteiger partial charge < -0.3 is 20.2 Å². The molecule has 1 heterocycles. The van der Waals surface area contributed by atoms with Crippen molar-refractivity contribution in [1.29, 1.82) is 0 Å². The summed E-state index contributed by atoms with van der Waals surface area (Å²) in [4.78, 5) is 47.9. The largest absolute Gasteiger partial charge is 0.508 e. The van der Waals surface area contributed by atoms with E-state index in [-0.39, 0.29) is 64.3 Å². The zero-order valence-corrected chi connectivity index (χ0v) is 42.0. The second-order valence-corrected chi connectivity index (χ2v) is 25.1. The molecule has 1 aliphatic rings. The Hall–Kier alpha value is -4.37. The van der Waals surface area contributed by atoms with Gasteiger partial charge >= 0.3 is 0 Å². The summed E-state index contributed by atoms with van der Waals surface area (Å²) in [5, 5.41) is 34.4. The van der Waals surface area contributed by atoms with E-state index in [1.54, 1.807) is 23.1 Å². The maximum absolute atomic E-state index is 15.4. The van der Waals surface area contributed by atoms with Gasteiger partial charge in [-0.2, -0.15) is 0 Å². The lowest BCUT2D eigenvalue weighted by molar-refractivity contribution is -0.154. The third-order valence-electron chi connectivity index (χ3n) is 12.0. The molecule has 3 aromatic carbocycles. The molecule has 63 heavy (non-hydrogen) atoms. The molecule has 4 atom stereocenters. The van der Waals surface area contributed by atoms with Crippen molar-refractivity contribution in [1.82, 2.24) is 15.3 Å². The van der Waals surface area contributed by atoms with E-state index >= 15 is 14.4 Å². The van der Waals surface area contributed by atoms with Crippen LogP contribution in [-0.4, -0.2) is 62.1 Å². The maximum Gasteiger partial charge on any atom is 0.245 e. The lowest BCUT2D eigenvalue weighted by Crippen LogP contribution is -2.66. The van der Waals surface area contributed by atoms with E-state index in [0.29, 0.717) is 19.3 Å². The predicted octanol–water partition coefficient (Wildman–Crippen LogP) is 11.7. The number of ketones is 1. The molecule has 0 saturated carbocycles. The number of nitrogens with zero attached hydrogens (tertiary/aromatic N) is 2. The quantitative estimate of drug-likeness (QED) is 0.160. The van der Waals surface area contributed by atoms with Crippen LogP contribution in [0, 0.1) is 16.2 Å². The molecule has 1 aliphatic heterocycles. The van der Waals surface area contributed by atoms with Gasteiger partial charge in [0.1, 0.15) is 30.0 Å². The molecular weight excluding hydrogens is 787 g/mol.